The van der Waals surface area contributed by atoms with Crippen molar-refractivity contribution >= 4 is 35.9 Å². The highest BCUT2D eigenvalue weighted by Crippen LogP contribution is 2.31. The molecule has 0 saturated carbocycles. The lowest BCUT2D eigenvalue weighted by molar-refractivity contribution is -0.138. The Bertz CT molecular complexity index is 1530. The van der Waals surface area contributed by atoms with Gasteiger partial charge in [-0.2, -0.15) is 0 Å². The van der Waals surface area contributed by atoms with E-state index < -0.39 is 17.9 Å². The summed E-state index contributed by atoms with van der Waals surface area (Å²) in [6.45, 7) is 8.37. The third-order valence-corrected chi connectivity index (χ3v) is 6.33. The minimum absolute atomic E-state index is 0.268. The molecular weight excluding hydrogens is 602 g/mol. The van der Waals surface area contributed by atoms with Crippen molar-refractivity contribution in [2.45, 2.75) is 25.7 Å². The quantitative estimate of drug-likeness (QED) is 0.0429. The maximum absolute atomic E-state index is 12.5. The van der Waals surface area contributed by atoms with Crippen molar-refractivity contribution in [3.8, 4) is 23.0 Å². The number of unbranched alkanes of at least 4 members (excludes halogenated alkanes) is 2. The molecule has 0 aromatic heterocycles. The fourth-order valence-electron chi connectivity index (χ4n) is 3.85. The predicted octanol–water partition coefficient (Wildman–Crippen LogP) is 6.84. The van der Waals surface area contributed by atoms with Crippen molar-refractivity contribution in [1.82, 2.24) is 0 Å². The standard InChI is InChI=1S/C37H39NO9/c1-4-35(39)45-24-8-6-22-43-31-16-10-28(11-17-31)14-21-37(41)47-33-20-15-30(26-34(33)42-3)38-27-29-12-18-32(19-13-29)44-23-7-9-25-46-36(40)5-2/h4-5,10-21,26-27H,1-2,6-9,22-25H2,3H3. The van der Waals surface area contributed by atoms with E-state index in [0.717, 1.165) is 41.9 Å². The minimum Gasteiger partial charge on any atom is -0.494 e. The Morgan fingerprint density at radius 1 is 0.660 bits per heavy atom. The Hall–Kier alpha value is -5.64. The highest BCUT2D eigenvalue weighted by molar-refractivity contribution is 5.89. The SMILES string of the molecule is C=CC(=O)OCCCCOc1ccc(C=CC(=O)Oc2ccc(N=Cc3ccc(OCCCCOC(=O)C=C)cc3)cc2OC)cc1. The van der Waals surface area contributed by atoms with E-state index in [0.29, 0.717) is 56.5 Å². The second-order valence-electron chi connectivity index (χ2n) is 9.84. The van der Waals surface area contributed by atoms with Crippen LogP contribution in [-0.2, 0) is 23.9 Å². The van der Waals surface area contributed by atoms with Crippen LogP contribution in [-0.4, -0.2) is 57.7 Å². The Labute approximate surface area is 274 Å². The molecule has 0 fully saturated rings. The second-order valence-corrected chi connectivity index (χ2v) is 9.84. The van der Waals surface area contributed by atoms with Crippen molar-refractivity contribution in [2.24, 2.45) is 4.99 Å². The van der Waals surface area contributed by atoms with E-state index in [9.17, 15) is 14.4 Å². The van der Waals surface area contributed by atoms with E-state index in [1.165, 1.54) is 13.2 Å². The van der Waals surface area contributed by atoms with Gasteiger partial charge in [0.05, 0.1) is 39.2 Å². The van der Waals surface area contributed by atoms with E-state index in [1.807, 2.05) is 48.5 Å². The summed E-state index contributed by atoms with van der Waals surface area (Å²) in [4.78, 5) is 39.0. The van der Waals surface area contributed by atoms with Crippen LogP contribution in [0, 0.1) is 0 Å². The molecule has 3 aromatic carbocycles. The zero-order valence-electron chi connectivity index (χ0n) is 26.4. The largest absolute Gasteiger partial charge is 0.494 e. The highest BCUT2D eigenvalue weighted by atomic mass is 16.6. The monoisotopic (exact) mass is 641 g/mol. The number of methoxy groups -OCH3 is 1. The average Bonchev–Trinajstić information content (AvgIpc) is 3.10. The number of aliphatic imine (C=N–C) groups is 1. The molecule has 0 heterocycles. The first-order valence-corrected chi connectivity index (χ1v) is 15.1. The summed E-state index contributed by atoms with van der Waals surface area (Å²) in [5.41, 5.74) is 2.29. The van der Waals surface area contributed by atoms with Gasteiger partial charge in [0, 0.05) is 30.5 Å². The number of carbonyl (C=O) groups is 3. The number of rotatable bonds is 20. The zero-order valence-corrected chi connectivity index (χ0v) is 26.4. The van der Waals surface area contributed by atoms with Gasteiger partial charge < -0.3 is 28.4 Å². The molecule has 246 valence electrons. The fraction of sp³-hybridized carbons (Fsp3) is 0.243. The molecule has 0 radical (unpaired) electrons. The Morgan fingerprint density at radius 3 is 1.72 bits per heavy atom. The van der Waals surface area contributed by atoms with Crippen molar-refractivity contribution in [1.29, 1.82) is 0 Å². The fourth-order valence-corrected chi connectivity index (χ4v) is 3.85. The molecule has 0 amide bonds. The lowest BCUT2D eigenvalue weighted by Crippen LogP contribution is -2.05. The molecule has 0 aliphatic carbocycles. The summed E-state index contributed by atoms with van der Waals surface area (Å²) < 4.78 is 32.2. The lowest BCUT2D eigenvalue weighted by atomic mass is 10.2. The molecule has 0 aliphatic heterocycles. The van der Waals surface area contributed by atoms with Crippen LogP contribution in [0.15, 0.2) is 103 Å². The van der Waals surface area contributed by atoms with E-state index >= 15 is 0 Å². The average molecular weight is 642 g/mol. The van der Waals surface area contributed by atoms with Gasteiger partial charge in [0.15, 0.2) is 11.5 Å². The number of benzene rings is 3. The first-order valence-electron chi connectivity index (χ1n) is 15.1. The Balaban J connectivity index is 1.42. The summed E-state index contributed by atoms with van der Waals surface area (Å²) in [6.07, 6.45) is 9.85. The molecule has 0 spiro atoms. The van der Waals surface area contributed by atoms with Crippen LogP contribution < -0.4 is 18.9 Å². The van der Waals surface area contributed by atoms with E-state index in [-0.39, 0.29) is 5.75 Å². The van der Waals surface area contributed by atoms with E-state index in [1.54, 1.807) is 30.5 Å². The maximum atomic E-state index is 12.5. The molecule has 10 nitrogen and oxygen atoms in total. The van der Waals surface area contributed by atoms with E-state index in [4.69, 9.17) is 28.4 Å². The predicted molar refractivity (Wildman–Crippen MR) is 180 cm³/mol. The van der Waals surface area contributed by atoms with Gasteiger partial charge in [-0.3, -0.25) is 4.99 Å². The number of nitrogens with zero attached hydrogens (tertiary/aromatic N) is 1. The molecule has 10 heteroatoms. The van der Waals surface area contributed by atoms with Gasteiger partial charge in [0.1, 0.15) is 11.5 Å². The normalized spacial score (nSPS) is 10.7. The van der Waals surface area contributed by atoms with Gasteiger partial charge in [-0.25, -0.2) is 14.4 Å². The highest BCUT2D eigenvalue weighted by Gasteiger charge is 2.09. The second kappa shape index (κ2) is 20.4. The van der Waals surface area contributed by atoms with Crippen LogP contribution in [0.1, 0.15) is 36.8 Å². The van der Waals surface area contributed by atoms with Gasteiger partial charge in [-0.1, -0.05) is 25.3 Å². The molecule has 47 heavy (non-hydrogen) atoms. The molecule has 0 aliphatic rings. The third-order valence-electron chi connectivity index (χ3n) is 6.33. The smallest absolute Gasteiger partial charge is 0.336 e. The summed E-state index contributed by atoms with van der Waals surface area (Å²) in [5, 5.41) is 0. The molecule has 3 aromatic rings. The Morgan fingerprint density at radius 2 is 1.19 bits per heavy atom. The number of esters is 3. The number of hydrogen-bond acceptors (Lipinski definition) is 10. The van der Waals surface area contributed by atoms with Gasteiger partial charge in [-0.15, -0.1) is 0 Å². The summed E-state index contributed by atoms with van der Waals surface area (Å²) in [5.74, 6) is 0.643. The molecule has 0 atom stereocenters. The topological polar surface area (TPSA) is 119 Å². The number of ether oxygens (including phenoxy) is 6. The molecule has 3 rings (SSSR count). The van der Waals surface area contributed by atoms with Crippen molar-refractivity contribution in [2.75, 3.05) is 33.5 Å². The van der Waals surface area contributed by atoms with Gasteiger partial charge in [0.2, 0.25) is 0 Å². The first kappa shape index (κ1) is 35.8. The van der Waals surface area contributed by atoms with Crippen LogP contribution in [0.25, 0.3) is 6.08 Å². The zero-order chi connectivity index (χ0) is 33.7. The first-order chi connectivity index (χ1) is 22.9. The van der Waals surface area contributed by atoms with E-state index in [2.05, 4.69) is 18.2 Å². The van der Waals surface area contributed by atoms with Crippen molar-refractivity contribution < 1.29 is 42.8 Å². The molecule has 0 saturated heterocycles. The molecule has 0 bridgehead atoms. The van der Waals surface area contributed by atoms with Crippen LogP contribution in [0.4, 0.5) is 5.69 Å². The third kappa shape index (κ3) is 13.9. The number of hydrogen-bond donors (Lipinski definition) is 0. The van der Waals surface area contributed by atoms with Gasteiger partial charge in [0.25, 0.3) is 0 Å². The van der Waals surface area contributed by atoms with Gasteiger partial charge in [-0.05, 0) is 91.4 Å². The molecular formula is C37H39NO9. The van der Waals surface area contributed by atoms with Crippen LogP contribution in [0.2, 0.25) is 0 Å². The maximum Gasteiger partial charge on any atom is 0.336 e. The Kier molecular flexibility index (Phi) is 15.6. The summed E-state index contributed by atoms with van der Waals surface area (Å²) >= 11 is 0. The van der Waals surface area contributed by atoms with Crippen LogP contribution in [0.3, 0.4) is 0 Å². The number of carbonyl (C=O) groups excluding carboxylic acids is 3. The molecule has 0 unspecified atom stereocenters. The lowest BCUT2D eigenvalue weighted by Gasteiger charge is -2.09. The van der Waals surface area contributed by atoms with Crippen LogP contribution in [0.5, 0.6) is 23.0 Å². The van der Waals surface area contributed by atoms with Crippen LogP contribution >= 0.6 is 0 Å². The summed E-state index contributed by atoms with van der Waals surface area (Å²) in [6, 6.07) is 19.8. The summed E-state index contributed by atoms with van der Waals surface area (Å²) in [7, 11) is 1.49. The minimum atomic E-state index is -0.560. The van der Waals surface area contributed by atoms with Crippen molar-refractivity contribution in [3.63, 3.8) is 0 Å². The van der Waals surface area contributed by atoms with Gasteiger partial charge >= 0.3 is 17.9 Å². The van der Waals surface area contributed by atoms with Crippen molar-refractivity contribution in [3.05, 3.63) is 109 Å². The molecule has 0 N–H and O–H groups in total.